The Bertz CT molecular complexity index is 462. The highest BCUT2D eigenvalue weighted by Crippen LogP contribution is 2.11. The largest absolute Gasteiger partial charge is 0.480 e. The Morgan fingerprint density at radius 1 is 1.40 bits per heavy atom. The Labute approximate surface area is 118 Å². The SMILES string of the molecule is C=CCN(NCC(=O)O)C(=O)NC(C)c1ccccc1. The molecular formula is C14H19N3O3. The number of carbonyl (C=O) groups excluding carboxylic acids is 1. The van der Waals surface area contributed by atoms with Crippen molar-refractivity contribution in [2.45, 2.75) is 13.0 Å². The van der Waals surface area contributed by atoms with Crippen molar-refractivity contribution >= 4 is 12.0 Å². The van der Waals surface area contributed by atoms with Crippen molar-refractivity contribution in [3.8, 4) is 0 Å². The minimum Gasteiger partial charge on any atom is -0.480 e. The molecule has 1 aromatic rings. The van der Waals surface area contributed by atoms with Crippen LogP contribution in [0, 0.1) is 0 Å². The quantitative estimate of drug-likeness (QED) is 0.521. The number of carboxylic acid groups (broad SMARTS) is 1. The summed E-state index contributed by atoms with van der Waals surface area (Å²) in [4.78, 5) is 22.6. The third-order valence-corrected chi connectivity index (χ3v) is 2.62. The molecule has 108 valence electrons. The van der Waals surface area contributed by atoms with E-state index in [-0.39, 0.29) is 19.1 Å². The molecule has 6 nitrogen and oxygen atoms in total. The summed E-state index contributed by atoms with van der Waals surface area (Å²) >= 11 is 0. The number of aliphatic carboxylic acids is 1. The van der Waals surface area contributed by atoms with Crippen LogP contribution in [0.1, 0.15) is 18.5 Å². The highest BCUT2D eigenvalue weighted by molar-refractivity contribution is 5.75. The number of hydrogen-bond acceptors (Lipinski definition) is 3. The number of nitrogens with zero attached hydrogens (tertiary/aromatic N) is 1. The van der Waals surface area contributed by atoms with Crippen LogP contribution in [-0.4, -0.2) is 35.2 Å². The van der Waals surface area contributed by atoms with Crippen LogP contribution in [0.15, 0.2) is 43.0 Å². The number of amides is 2. The van der Waals surface area contributed by atoms with Gasteiger partial charge in [0.05, 0.1) is 12.6 Å². The first-order chi connectivity index (χ1) is 9.54. The number of benzene rings is 1. The van der Waals surface area contributed by atoms with Crippen LogP contribution in [0.2, 0.25) is 0 Å². The van der Waals surface area contributed by atoms with Gasteiger partial charge in [0.25, 0.3) is 0 Å². The highest BCUT2D eigenvalue weighted by Gasteiger charge is 2.16. The lowest BCUT2D eigenvalue weighted by atomic mass is 10.1. The van der Waals surface area contributed by atoms with Gasteiger partial charge in [-0.05, 0) is 12.5 Å². The Balaban J connectivity index is 2.61. The summed E-state index contributed by atoms with van der Waals surface area (Å²) in [6.45, 7) is 5.27. The fourth-order valence-corrected chi connectivity index (χ4v) is 1.60. The van der Waals surface area contributed by atoms with E-state index >= 15 is 0 Å². The molecule has 1 atom stereocenters. The number of carbonyl (C=O) groups is 2. The maximum Gasteiger partial charge on any atom is 0.332 e. The first-order valence-corrected chi connectivity index (χ1v) is 6.23. The van der Waals surface area contributed by atoms with Crippen LogP contribution >= 0.6 is 0 Å². The summed E-state index contributed by atoms with van der Waals surface area (Å²) in [5.74, 6) is -1.04. The monoisotopic (exact) mass is 277 g/mol. The number of hydrazine groups is 1. The smallest absolute Gasteiger partial charge is 0.332 e. The van der Waals surface area contributed by atoms with Gasteiger partial charge in [-0.2, -0.15) is 0 Å². The predicted molar refractivity (Wildman–Crippen MR) is 75.9 cm³/mol. The average Bonchev–Trinajstić information content (AvgIpc) is 2.44. The van der Waals surface area contributed by atoms with Crippen molar-refractivity contribution in [3.05, 3.63) is 48.6 Å². The third kappa shape index (κ3) is 5.11. The van der Waals surface area contributed by atoms with E-state index in [4.69, 9.17) is 5.11 Å². The van der Waals surface area contributed by atoms with Gasteiger partial charge < -0.3 is 10.4 Å². The van der Waals surface area contributed by atoms with Crippen molar-refractivity contribution < 1.29 is 14.7 Å². The van der Waals surface area contributed by atoms with Crippen molar-refractivity contribution in [1.82, 2.24) is 15.8 Å². The normalized spacial score (nSPS) is 11.4. The lowest BCUT2D eigenvalue weighted by molar-refractivity contribution is -0.136. The van der Waals surface area contributed by atoms with Gasteiger partial charge in [0, 0.05) is 0 Å². The lowest BCUT2D eigenvalue weighted by Gasteiger charge is -2.24. The van der Waals surface area contributed by atoms with Crippen LogP contribution in [-0.2, 0) is 4.79 Å². The van der Waals surface area contributed by atoms with Crippen LogP contribution in [0.4, 0.5) is 4.79 Å². The van der Waals surface area contributed by atoms with Gasteiger partial charge in [-0.1, -0.05) is 36.4 Å². The summed E-state index contributed by atoms with van der Waals surface area (Å²) in [6.07, 6.45) is 1.52. The van der Waals surface area contributed by atoms with E-state index < -0.39 is 12.0 Å². The van der Waals surface area contributed by atoms with Gasteiger partial charge in [0.1, 0.15) is 6.54 Å². The molecule has 20 heavy (non-hydrogen) atoms. The molecule has 0 aliphatic heterocycles. The second-order valence-corrected chi connectivity index (χ2v) is 4.21. The summed E-state index contributed by atoms with van der Waals surface area (Å²) in [5, 5.41) is 12.6. The Hall–Kier alpha value is -2.34. The molecule has 1 unspecified atom stereocenters. The van der Waals surface area contributed by atoms with Gasteiger partial charge in [0.15, 0.2) is 0 Å². The molecule has 6 heteroatoms. The van der Waals surface area contributed by atoms with E-state index in [1.807, 2.05) is 37.3 Å². The minimum atomic E-state index is -1.04. The fourth-order valence-electron chi connectivity index (χ4n) is 1.60. The zero-order valence-electron chi connectivity index (χ0n) is 11.4. The molecule has 0 fully saturated rings. The van der Waals surface area contributed by atoms with E-state index in [0.717, 1.165) is 5.56 Å². The Kier molecular flexibility index (Phi) is 6.25. The molecule has 0 bridgehead atoms. The van der Waals surface area contributed by atoms with Crippen LogP contribution in [0.3, 0.4) is 0 Å². The zero-order chi connectivity index (χ0) is 15.0. The standard InChI is InChI=1S/C14H19N3O3/c1-3-9-17(15-10-13(18)19)14(20)16-11(2)12-7-5-4-6-8-12/h3-8,11,15H,1,9-10H2,2H3,(H,16,20)(H,18,19). The molecule has 3 N–H and O–H groups in total. The maximum absolute atomic E-state index is 12.0. The Morgan fingerprint density at radius 3 is 2.60 bits per heavy atom. The molecule has 0 aromatic heterocycles. The van der Waals surface area contributed by atoms with E-state index in [9.17, 15) is 9.59 Å². The van der Waals surface area contributed by atoms with Gasteiger partial charge in [0.2, 0.25) is 0 Å². The minimum absolute atomic E-state index is 0.178. The number of urea groups is 1. The molecule has 1 aromatic carbocycles. The van der Waals surface area contributed by atoms with Crippen LogP contribution < -0.4 is 10.7 Å². The number of carboxylic acids is 1. The maximum atomic E-state index is 12.0. The number of nitrogens with one attached hydrogen (secondary N) is 2. The summed E-state index contributed by atoms with van der Waals surface area (Å²) in [7, 11) is 0. The van der Waals surface area contributed by atoms with Gasteiger partial charge >= 0.3 is 12.0 Å². The highest BCUT2D eigenvalue weighted by atomic mass is 16.4. The van der Waals surface area contributed by atoms with Gasteiger partial charge in [-0.3, -0.25) is 9.80 Å². The average molecular weight is 277 g/mol. The van der Waals surface area contributed by atoms with Gasteiger partial charge in [-0.15, -0.1) is 6.58 Å². The van der Waals surface area contributed by atoms with Crippen molar-refractivity contribution in [1.29, 1.82) is 0 Å². The summed E-state index contributed by atoms with van der Waals surface area (Å²) < 4.78 is 0. The molecule has 1 rings (SSSR count). The molecule has 0 saturated carbocycles. The molecule has 0 heterocycles. The van der Waals surface area contributed by atoms with Crippen molar-refractivity contribution in [2.75, 3.05) is 13.1 Å². The number of rotatable bonds is 7. The van der Waals surface area contributed by atoms with Crippen molar-refractivity contribution in [2.24, 2.45) is 0 Å². The van der Waals surface area contributed by atoms with Crippen molar-refractivity contribution in [3.63, 3.8) is 0 Å². The molecule has 0 aliphatic rings. The van der Waals surface area contributed by atoms with Crippen LogP contribution in [0.25, 0.3) is 0 Å². The molecule has 0 spiro atoms. The topological polar surface area (TPSA) is 81.7 Å². The molecule has 2 amide bonds. The van der Waals surface area contributed by atoms with E-state index in [1.165, 1.54) is 11.1 Å². The molecule has 0 saturated heterocycles. The van der Waals surface area contributed by atoms with E-state index in [2.05, 4.69) is 17.3 Å². The zero-order valence-corrected chi connectivity index (χ0v) is 11.4. The second-order valence-electron chi connectivity index (χ2n) is 4.21. The predicted octanol–water partition coefficient (Wildman–Crippen LogP) is 1.53. The fraction of sp³-hybridized carbons (Fsp3) is 0.286. The number of hydrogen-bond donors (Lipinski definition) is 3. The van der Waals surface area contributed by atoms with Gasteiger partial charge in [-0.25, -0.2) is 10.2 Å². The van der Waals surface area contributed by atoms with E-state index in [0.29, 0.717) is 0 Å². The molecule has 0 aliphatic carbocycles. The molecule has 0 radical (unpaired) electrons. The summed E-state index contributed by atoms with van der Waals surface area (Å²) in [5.41, 5.74) is 3.50. The second kappa shape index (κ2) is 7.96. The van der Waals surface area contributed by atoms with E-state index in [1.54, 1.807) is 0 Å². The Morgan fingerprint density at radius 2 is 2.05 bits per heavy atom. The lowest BCUT2D eigenvalue weighted by Crippen LogP contribution is -2.50. The van der Waals surface area contributed by atoms with Crippen LogP contribution in [0.5, 0.6) is 0 Å². The first-order valence-electron chi connectivity index (χ1n) is 6.23. The molecular weight excluding hydrogens is 258 g/mol. The first kappa shape index (κ1) is 15.7. The summed E-state index contributed by atoms with van der Waals surface area (Å²) in [6, 6.07) is 8.92. The third-order valence-electron chi connectivity index (χ3n) is 2.62.